The van der Waals surface area contributed by atoms with Gasteiger partial charge in [0, 0.05) is 17.2 Å². The van der Waals surface area contributed by atoms with Gasteiger partial charge in [-0.1, -0.05) is 43.4 Å². The molecule has 1 aromatic heterocycles. The molecule has 37 heavy (non-hydrogen) atoms. The number of aromatic nitrogens is 1. The Bertz CT molecular complexity index is 1350. The Morgan fingerprint density at radius 2 is 2.00 bits per heavy atom. The highest BCUT2D eigenvalue weighted by molar-refractivity contribution is 7.80. The van der Waals surface area contributed by atoms with Gasteiger partial charge in [-0.2, -0.15) is 5.10 Å². The number of allylic oxidation sites excluding steroid dienone is 2. The number of hydrazone groups is 1. The van der Waals surface area contributed by atoms with Crippen molar-refractivity contribution in [1.82, 2.24) is 10.4 Å². The van der Waals surface area contributed by atoms with Gasteiger partial charge >= 0.3 is 0 Å². The van der Waals surface area contributed by atoms with Crippen molar-refractivity contribution < 1.29 is 4.92 Å². The van der Waals surface area contributed by atoms with E-state index in [9.17, 15) is 10.1 Å². The van der Waals surface area contributed by atoms with Crippen LogP contribution in [0.2, 0.25) is 0 Å². The Morgan fingerprint density at radius 3 is 2.78 bits per heavy atom. The van der Waals surface area contributed by atoms with Crippen LogP contribution in [0.25, 0.3) is 5.57 Å². The fourth-order valence-corrected chi connectivity index (χ4v) is 9.13. The van der Waals surface area contributed by atoms with E-state index in [-0.39, 0.29) is 26.6 Å². The van der Waals surface area contributed by atoms with E-state index in [2.05, 4.69) is 35.8 Å². The number of nitrogens with zero attached hydrogens (tertiary/aromatic N) is 3. The van der Waals surface area contributed by atoms with Gasteiger partial charge in [-0.15, -0.1) is 0 Å². The number of hydrogen-bond acceptors (Lipinski definition) is 7. The van der Waals surface area contributed by atoms with Gasteiger partial charge in [0.1, 0.15) is 5.69 Å². The average Bonchev–Trinajstić information content (AvgIpc) is 3.42. The lowest BCUT2D eigenvalue weighted by atomic mass is 9.48. The van der Waals surface area contributed by atoms with Crippen molar-refractivity contribution in [3.05, 3.63) is 51.0 Å². The molecule has 0 saturated heterocycles. The first-order valence-electron chi connectivity index (χ1n) is 13.0. The summed E-state index contributed by atoms with van der Waals surface area (Å²) in [5.41, 5.74) is 13.0. The predicted molar refractivity (Wildman–Crippen MR) is 152 cm³/mol. The molecule has 8 nitrogen and oxygen atoms in total. The van der Waals surface area contributed by atoms with Crippen LogP contribution in [0.1, 0.15) is 62.9 Å². The molecular weight excluding hydrogens is 504 g/mol. The summed E-state index contributed by atoms with van der Waals surface area (Å²) in [5, 5.41) is 20.3. The van der Waals surface area contributed by atoms with E-state index in [1.165, 1.54) is 35.1 Å². The fraction of sp³-hybridized carbons (Fsp3) is 0.519. The number of nitrogens with one attached hydrogen (secondary N) is 2. The maximum Gasteiger partial charge on any atom is 0.292 e. The van der Waals surface area contributed by atoms with E-state index in [1.807, 2.05) is 0 Å². The van der Waals surface area contributed by atoms with Crippen molar-refractivity contribution >= 4 is 56.5 Å². The molecule has 0 aliphatic heterocycles. The van der Waals surface area contributed by atoms with E-state index < -0.39 is 0 Å². The molecule has 1 heterocycles. The summed E-state index contributed by atoms with van der Waals surface area (Å²) >= 11 is 6.62. The van der Waals surface area contributed by atoms with Crippen LogP contribution in [-0.4, -0.2) is 20.7 Å². The topological polar surface area (TPSA) is 118 Å². The standard InChI is InChI=1S/C27H32N6O2S2/c1-26-14-12-20-23(37-25(30-20)29-19-5-3-4-6-21(19)33(34)35)18(26)8-7-15-16-9-10-22(31-32-24(28)36)27(16,2)13-11-17(15)26/h3-6,8,15-17H,7,9-14H2,1-2H3,(H,29,30)(H3,28,32,36)/b31-22+/t15-,16-,17-,26+,27-/m0/s1. The third-order valence-corrected chi connectivity index (χ3v) is 10.8. The van der Waals surface area contributed by atoms with Crippen LogP contribution in [0.5, 0.6) is 0 Å². The molecule has 0 amide bonds. The molecular formula is C27H32N6O2S2. The van der Waals surface area contributed by atoms with Crippen LogP contribution in [0.4, 0.5) is 16.5 Å². The number of thiazole rings is 1. The van der Waals surface area contributed by atoms with Crippen molar-refractivity contribution in [2.75, 3.05) is 5.32 Å². The molecule has 194 valence electrons. The summed E-state index contributed by atoms with van der Waals surface area (Å²) in [5.74, 6) is 1.89. The molecule has 2 saturated carbocycles. The minimum Gasteiger partial charge on any atom is -0.375 e. The Kier molecular flexibility index (Phi) is 5.87. The molecule has 0 bridgehead atoms. The third-order valence-electron chi connectivity index (χ3n) is 9.67. The average molecular weight is 537 g/mol. The number of thiocarbonyl (C=S) groups is 1. The molecule has 10 heteroatoms. The fourth-order valence-electron chi connectivity index (χ4n) is 7.88. The molecule has 6 rings (SSSR count). The normalized spacial score (nSPS) is 33.0. The monoisotopic (exact) mass is 536 g/mol. The van der Waals surface area contributed by atoms with Crippen molar-refractivity contribution in [2.45, 2.75) is 58.8 Å². The zero-order valence-electron chi connectivity index (χ0n) is 21.1. The molecule has 0 radical (unpaired) electrons. The van der Waals surface area contributed by atoms with E-state index >= 15 is 0 Å². The molecule has 5 atom stereocenters. The molecule has 4 aliphatic carbocycles. The number of nitrogens with two attached hydrogens (primary N) is 1. The largest absolute Gasteiger partial charge is 0.375 e. The van der Waals surface area contributed by atoms with Crippen LogP contribution in [0.15, 0.2) is 35.4 Å². The number of fused-ring (bicyclic) bond motifs is 7. The Balaban J connectivity index is 1.29. The number of aryl methyl sites for hydroxylation is 1. The third kappa shape index (κ3) is 3.87. The predicted octanol–water partition coefficient (Wildman–Crippen LogP) is 6.17. The highest BCUT2D eigenvalue weighted by atomic mass is 32.1. The van der Waals surface area contributed by atoms with Gasteiger partial charge in [0.25, 0.3) is 5.69 Å². The molecule has 1 aromatic carbocycles. The summed E-state index contributed by atoms with van der Waals surface area (Å²) in [6.07, 6.45) is 10.1. The highest BCUT2D eigenvalue weighted by Gasteiger charge is 2.58. The Hall–Kier alpha value is -2.85. The smallest absolute Gasteiger partial charge is 0.292 e. The van der Waals surface area contributed by atoms with Crippen LogP contribution in [-0.2, 0) is 6.42 Å². The zero-order valence-corrected chi connectivity index (χ0v) is 22.8. The number of rotatable bonds is 4. The van der Waals surface area contributed by atoms with Crippen molar-refractivity contribution in [2.24, 2.45) is 39.4 Å². The van der Waals surface area contributed by atoms with Crippen LogP contribution in [0.3, 0.4) is 0 Å². The maximum absolute atomic E-state index is 11.5. The maximum atomic E-state index is 11.5. The van der Waals surface area contributed by atoms with Crippen molar-refractivity contribution in [3.8, 4) is 0 Å². The lowest BCUT2D eigenvalue weighted by Gasteiger charge is -2.56. The lowest BCUT2D eigenvalue weighted by molar-refractivity contribution is -0.383. The van der Waals surface area contributed by atoms with Gasteiger partial charge < -0.3 is 11.1 Å². The zero-order chi connectivity index (χ0) is 25.9. The SMILES string of the molecule is C[C@]12CCc3nc(Nc4ccccc4[N+](=O)[O-])sc3C1=CC[C@@H]1[C@@H]2CC[C@]2(C)/C(=N/NC(N)=S)CC[C@@H]12. The van der Waals surface area contributed by atoms with Gasteiger partial charge in [-0.3, -0.25) is 15.5 Å². The van der Waals surface area contributed by atoms with E-state index in [0.29, 0.717) is 23.4 Å². The van der Waals surface area contributed by atoms with Crippen molar-refractivity contribution in [1.29, 1.82) is 0 Å². The minimum absolute atomic E-state index is 0.0634. The number of para-hydroxylation sites is 2. The van der Waals surface area contributed by atoms with E-state index in [4.69, 9.17) is 22.9 Å². The molecule has 0 spiro atoms. The van der Waals surface area contributed by atoms with E-state index in [0.717, 1.165) is 42.9 Å². The van der Waals surface area contributed by atoms with Gasteiger partial charge in [-0.25, -0.2) is 4.98 Å². The molecule has 2 fully saturated rings. The van der Waals surface area contributed by atoms with Gasteiger partial charge in [0.05, 0.1) is 15.5 Å². The minimum atomic E-state index is -0.354. The van der Waals surface area contributed by atoms with Crippen LogP contribution < -0.4 is 16.5 Å². The van der Waals surface area contributed by atoms with Gasteiger partial charge in [-0.05, 0) is 92.0 Å². The van der Waals surface area contributed by atoms with Crippen molar-refractivity contribution in [3.63, 3.8) is 0 Å². The lowest BCUT2D eigenvalue weighted by Crippen LogP contribution is -2.49. The second-order valence-corrected chi connectivity index (χ2v) is 12.8. The Morgan fingerprint density at radius 1 is 1.22 bits per heavy atom. The first-order valence-corrected chi connectivity index (χ1v) is 14.3. The summed E-state index contributed by atoms with van der Waals surface area (Å²) in [6.45, 7) is 4.86. The molecule has 4 aliphatic rings. The second kappa shape index (κ2) is 8.87. The number of hydrogen-bond donors (Lipinski definition) is 3. The number of anilines is 2. The molecule has 2 aromatic rings. The Labute approximate surface area is 226 Å². The number of nitro groups is 1. The summed E-state index contributed by atoms with van der Waals surface area (Å²) < 4.78 is 0. The quantitative estimate of drug-likeness (QED) is 0.243. The summed E-state index contributed by atoms with van der Waals surface area (Å²) in [4.78, 5) is 17.3. The van der Waals surface area contributed by atoms with Gasteiger partial charge in [0.15, 0.2) is 10.2 Å². The second-order valence-electron chi connectivity index (χ2n) is 11.4. The van der Waals surface area contributed by atoms with E-state index in [1.54, 1.807) is 29.5 Å². The first kappa shape index (κ1) is 24.5. The summed E-state index contributed by atoms with van der Waals surface area (Å²) in [7, 11) is 0. The van der Waals surface area contributed by atoms with Gasteiger partial charge in [0.2, 0.25) is 0 Å². The highest BCUT2D eigenvalue weighted by Crippen LogP contribution is 2.65. The van der Waals surface area contributed by atoms with Crippen LogP contribution >= 0.6 is 23.6 Å². The number of benzene rings is 1. The number of nitro benzene ring substituents is 1. The molecule has 4 N–H and O–H groups in total. The first-order chi connectivity index (χ1) is 17.7. The molecule has 0 unspecified atom stereocenters. The summed E-state index contributed by atoms with van der Waals surface area (Å²) in [6, 6.07) is 6.75. The van der Waals surface area contributed by atoms with Crippen LogP contribution in [0, 0.1) is 38.7 Å².